The van der Waals surface area contributed by atoms with Gasteiger partial charge in [0.2, 0.25) is 0 Å². The summed E-state index contributed by atoms with van der Waals surface area (Å²) < 4.78 is 64.0. The predicted octanol–water partition coefficient (Wildman–Crippen LogP) is 7.42. The van der Waals surface area contributed by atoms with Crippen LogP contribution in [0, 0.1) is 17.5 Å². The average Bonchev–Trinajstić information content (AvgIpc) is 3.35. The highest BCUT2D eigenvalue weighted by Crippen LogP contribution is 2.51. The second kappa shape index (κ2) is 10.1. The standard InChI is InChI=1S/C35H32F3NO3Si/c1-34(2,3)43(24-10-6-4-7-11-24,25-12-8-5-9-13-25)42-35(20-40-21-35)19-30-31-27-16-23(37)17-28(38)32(27)39-33(31)26-15-14-22(36)18-29(26)41-30/h4-18,30,39H,19-21H2,1-3H3. The van der Waals surface area contributed by atoms with Crippen molar-refractivity contribution in [2.45, 2.75) is 43.9 Å². The molecule has 0 bridgehead atoms. The van der Waals surface area contributed by atoms with Gasteiger partial charge in [0.15, 0.2) is 0 Å². The van der Waals surface area contributed by atoms with Crippen LogP contribution in [0.1, 0.15) is 38.9 Å². The number of hydrogen-bond donors (Lipinski definition) is 1. The number of ether oxygens (including phenoxy) is 2. The molecule has 4 nitrogen and oxygen atoms in total. The summed E-state index contributed by atoms with van der Waals surface area (Å²) >= 11 is 0. The van der Waals surface area contributed by atoms with E-state index in [9.17, 15) is 8.78 Å². The van der Waals surface area contributed by atoms with E-state index >= 15 is 4.39 Å². The number of fused-ring (bicyclic) bond motifs is 5. The van der Waals surface area contributed by atoms with E-state index in [1.54, 1.807) is 6.07 Å². The SMILES string of the molecule is CC(C)(C)[Si](OC1(CC2Oc3cc(F)ccc3-c3[nH]c4c(F)cc(F)cc4c32)COC1)(c1ccccc1)c1ccccc1. The van der Waals surface area contributed by atoms with Gasteiger partial charge in [-0.2, -0.15) is 0 Å². The van der Waals surface area contributed by atoms with Crippen molar-refractivity contribution in [3.05, 3.63) is 114 Å². The van der Waals surface area contributed by atoms with Crippen LogP contribution >= 0.6 is 0 Å². The molecule has 2 aliphatic rings. The molecule has 1 saturated heterocycles. The van der Waals surface area contributed by atoms with Gasteiger partial charge in [-0.25, -0.2) is 13.2 Å². The molecular formula is C35H32F3NO3Si. The number of H-pyrrole nitrogens is 1. The van der Waals surface area contributed by atoms with E-state index in [0.717, 1.165) is 16.4 Å². The molecule has 0 spiro atoms. The van der Waals surface area contributed by atoms with Crippen LogP contribution in [0.2, 0.25) is 5.04 Å². The minimum atomic E-state index is -2.99. The van der Waals surface area contributed by atoms with E-state index in [1.165, 1.54) is 18.2 Å². The molecule has 220 valence electrons. The number of nitrogens with one attached hydrogen (secondary N) is 1. The highest BCUT2D eigenvalue weighted by atomic mass is 28.4. The van der Waals surface area contributed by atoms with E-state index in [-0.39, 0.29) is 10.6 Å². The predicted molar refractivity (Wildman–Crippen MR) is 164 cm³/mol. The molecule has 0 amide bonds. The van der Waals surface area contributed by atoms with Gasteiger partial charge in [-0.3, -0.25) is 0 Å². The van der Waals surface area contributed by atoms with Crippen LogP contribution in [-0.2, 0) is 9.16 Å². The first-order valence-corrected chi connectivity index (χ1v) is 16.4. The van der Waals surface area contributed by atoms with E-state index in [1.807, 2.05) is 36.4 Å². The second-order valence-electron chi connectivity index (χ2n) is 12.6. The lowest BCUT2D eigenvalue weighted by Crippen LogP contribution is -2.72. The van der Waals surface area contributed by atoms with Crippen LogP contribution in [-0.4, -0.2) is 32.1 Å². The van der Waals surface area contributed by atoms with Crippen LogP contribution in [0.15, 0.2) is 91.0 Å². The average molecular weight is 600 g/mol. The Morgan fingerprint density at radius 1 is 0.860 bits per heavy atom. The monoisotopic (exact) mass is 599 g/mol. The molecule has 2 aliphatic heterocycles. The number of benzene rings is 4. The molecule has 43 heavy (non-hydrogen) atoms. The molecule has 4 aromatic carbocycles. The lowest BCUT2D eigenvalue weighted by molar-refractivity contribution is -0.180. The highest BCUT2D eigenvalue weighted by Gasteiger charge is 2.57. The number of aromatic nitrogens is 1. The summed E-state index contributed by atoms with van der Waals surface area (Å²) in [6.45, 7) is 7.30. The summed E-state index contributed by atoms with van der Waals surface area (Å²) in [5, 5.41) is 2.38. The smallest absolute Gasteiger partial charge is 0.262 e. The molecule has 8 heteroatoms. The Hall–Kier alpha value is -3.85. The molecule has 0 radical (unpaired) electrons. The second-order valence-corrected chi connectivity index (χ2v) is 16.8. The number of aromatic amines is 1. The Labute approximate surface area is 249 Å². The molecule has 1 aromatic heterocycles. The Morgan fingerprint density at radius 2 is 1.51 bits per heavy atom. The van der Waals surface area contributed by atoms with Gasteiger partial charge < -0.3 is 18.9 Å². The van der Waals surface area contributed by atoms with Gasteiger partial charge >= 0.3 is 0 Å². The first-order chi connectivity index (χ1) is 20.6. The summed E-state index contributed by atoms with van der Waals surface area (Å²) in [4.78, 5) is 3.16. The Balaban J connectivity index is 1.38. The van der Waals surface area contributed by atoms with Crippen molar-refractivity contribution in [2.75, 3.05) is 13.2 Å². The molecule has 1 fully saturated rings. The number of rotatable bonds is 6. The summed E-state index contributed by atoms with van der Waals surface area (Å²) in [6, 6.07) is 27.2. The molecule has 5 aromatic rings. The van der Waals surface area contributed by atoms with Crippen molar-refractivity contribution in [3.8, 4) is 17.0 Å². The molecule has 1 atom stereocenters. The van der Waals surface area contributed by atoms with Crippen molar-refractivity contribution in [3.63, 3.8) is 0 Å². The Morgan fingerprint density at radius 3 is 2.09 bits per heavy atom. The van der Waals surface area contributed by atoms with Gasteiger partial charge in [0.05, 0.1) is 24.4 Å². The normalized spacial score (nSPS) is 17.6. The topological polar surface area (TPSA) is 43.5 Å². The molecular weight excluding hydrogens is 567 g/mol. The molecule has 1 N–H and O–H groups in total. The summed E-state index contributed by atoms with van der Waals surface area (Å²) in [5.74, 6) is -1.48. The van der Waals surface area contributed by atoms with Crippen LogP contribution in [0.5, 0.6) is 5.75 Å². The summed E-state index contributed by atoms with van der Waals surface area (Å²) in [5.41, 5.74) is 1.23. The third-order valence-electron chi connectivity index (χ3n) is 8.74. The molecule has 0 saturated carbocycles. The Bertz CT molecular complexity index is 1770. The van der Waals surface area contributed by atoms with E-state index in [0.29, 0.717) is 47.6 Å². The first kappa shape index (κ1) is 27.9. The van der Waals surface area contributed by atoms with Gasteiger partial charge in [-0.05, 0) is 33.6 Å². The van der Waals surface area contributed by atoms with E-state index in [2.05, 4.69) is 50.0 Å². The number of hydrogen-bond acceptors (Lipinski definition) is 3. The van der Waals surface area contributed by atoms with Gasteiger partial charge in [-0.15, -0.1) is 0 Å². The van der Waals surface area contributed by atoms with Gasteiger partial charge in [0, 0.05) is 35.1 Å². The van der Waals surface area contributed by atoms with Crippen molar-refractivity contribution in [1.29, 1.82) is 0 Å². The summed E-state index contributed by atoms with van der Waals surface area (Å²) in [6.07, 6.45) is -0.340. The van der Waals surface area contributed by atoms with E-state index < -0.39 is 37.5 Å². The van der Waals surface area contributed by atoms with Crippen LogP contribution in [0.4, 0.5) is 13.2 Å². The zero-order chi connectivity index (χ0) is 30.0. The quantitative estimate of drug-likeness (QED) is 0.207. The zero-order valence-corrected chi connectivity index (χ0v) is 25.2. The summed E-state index contributed by atoms with van der Waals surface area (Å²) in [7, 11) is -2.99. The lowest BCUT2D eigenvalue weighted by Gasteiger charge is -2.53. The maximum atomic E-state index is 15.0. The van der Waals surface area contributed by atoms with Gasteiger partial charge in [0.25, 0.3) is 8.32 Å². The van der Waals surface area contributed by atoms with Crippen molar-refractivity contribution < 1.29 is 27.1 Å². The van der Waals surface area contributed by atoms with Gasteiger partial charge in [0.1, 0.15) is 34.9 Å². The molecule has 0 aliphatic carbocycles. The third-order valence-corrected chi connectivity index (χ3v) is 13.9. The van der Waals surface area contributed by atoms with E-state index in [4.69, 9.17) is 13.9 Å². The fraction of sp³-hybridized carbons (Fsp3) is 0.257. The lowest BCUT2D eigenvalue weighted by atomic mass is 9.87. The minimum Gasteiger partial charge on any atom is -0.485 e. The molecule has 7 rings (SSSR count). The maximum Gasteiger partial charge on any atom is 0.262 e. The van der Waals surface area contributed by atoms with Crippen LogP contribution in [0.25, 0.3) is 22.2 Å². The van der Waals surface area contributed by atoms with Gasteiger partial charge in [-0.1, -0.05) is 81.4 Å². The molecule has 1 unspecified atom stereocenters. The van der Waals surface area contributed by atoms with Crippen LogP contribution in [0.3, 0.4) is 0 Å². The third kappa shape index (κ3) is 4.51. The first-order valence-electron chi connectivity index (χ1n) is 14.5. The highest BCUT2D eigenvalue weighted by molar-refractivity contribution is 6.99. The largest absolute Gasteiger partial charge is 0.485 e. The van der Waals surface area contributed by atoms with Crippen molar-refractivity contribution >= 4 is 29.6 Å². The maximum absolute atomic E-state index is 15.0. The Kier molecular flexibility index (Phi) is 6.57. The van der Waals surface area contributed by atoms with Crippen molar-refractivity contribution in [2.24, 2.45) is 0 Å². The zero-order valence-electron chi connectivity index (χ0n) is 24.2. The fourth-order valence-electron chi connectivity index (χ4n) is 6.80. The molecule has 3 heterocycles. The minimum absolute atomic E-state index is 0.184. The fourth-order valence-corrected chi connectivity index (χ4v) is 11.6. The van der Waals surface area contributed by atoms with Crippen molar-refractivity contribution in [1.82, 2.24) is 4.98 Å². The van der Waals surface area contributed by atoms with Crippen LogP contribution < -0.4 is 15.1 Å². The number of halogens is 3.